The van der Waals surface area contributed by atoms with Crippen molar-refractivity contribution in [3.8, 4) is 0 Å². The van der Waals surface area contributed by atoms with Gasteiger partial charge in [0.15, 0.2) is 0 Å². The summed E-state index contributed by atoms with van der Waals surface area (Å²) in [5, 5.41) is 10.6. The van der Waals surface area contributed by atoms with Gasteiger partial charge in [0.2, 0.25) is 0 Å². The number of piperidine rings is 1. The van der Waals surface area contributed by atoms with E-state index in [2.05, 4.69) is 24.8 Å². The van der Waals surface area contributed by atoms with Gasteiger partial charge in [-0.1, -0.05) is 38.3 Å². The standard InChI is InChI=1S/C16H29NO/c1-4-5-7-13(2)10-14-11-16(3,18)15-8-6-9-17(15)12-14/h10,13,15,18H,4-9,11-12H2,1-3H3/b14-10-/t13-,15+,16+/m0/s1. The summed E-state index contributed by atoms with van der Waals surface area (Å²) in [7, 11) is 0. The van der Waals surface area contributed by atoms with Crippen LogP contribution < -0.4 is 0 Å². The SMILES string of the molecule is CCCC[C@H](C)/C=C1\CN2CCC[C@@H]2[C@](C)(O)C1. The van der Waals surface area contributed by atoms with Gasteiger partial charge >= 0.3 is 0 Å². The Morgan fingerprint density at radius 1 is 1.56 bits per heavy atom. The van der Waals surface area contributed by atoms with E-state index in [1.165, 1.54) is 44.2 Å². The van der Waals surface area contributed by atoms with Gasteiger partial charge in [-0.15, -0.1) is 0 Å². The number of unbranched alkanes of at least 4 members (excludes halogenated alkanes) is 1. The van der Waals surface area contributed by atoms with Crippen molar-refractivity contribution in [3.63, 3.8) is 0 Å². The zero-order valence-electron chi connectivity index (χ0n) is 12.3. The maximum Gasteiger partial charge on any atom is 0.0811 e. The molecule has 1 N–H and O–H groups in total. The Hall–Kier alpha value is -0.340. The van der Waals surface area contributed by atoms with Gasteiger partial charge in [0, 0.05) is 12.6 Å². The highest BCUT2D eigenvalue weighted by atomic mass is 16.3. The lowest BCUT2D eigenvalue weighted by molar-refractivity contribution is -0.0330. The molecule has 2 saturated heterocycles. The number of allylic oxidation sites excluding steroid dienone is 1. The predicted octanol–water partition coefficient (Wildman–Crippen LogP) is 3.36. The van der Waals surface area contributed by atoms with Gasteiger partial charge in [0.25, 0.3) is 0 Å². The van der Waals surface area contributed by atoms with E-state index in [0.29, 0.717) is 12.0 Å². The molecular weight excluding hydrogens is 222 g/mol. The monoisotopic (exact) mass is 251 g/mol. The van der Waals surface area contributed by atoms with E-state index in [4.69, 9.17) is 0 Å². The molecule has 0 aliphatic carbocycles. The van der Waals surface area contributed by atoms with E-state index in [1.54, 1.807) is 0 Å². The second-order valence-corrected chi connectivity index (χ2v) is 6.61. The first-order valence-corrected chi connectivity index (χ1v) is 7.69. The van der Waals surface area contributed by atoms with E-state index in [-0.39, 0.29) is 0 Å². The van der Waals surface area contributed by atoms with Crippen LogP contribution in [-0.4, -0.2) is 34.7 Å². The lowest BCUT2D eigenvalue weighted by Gasteiger charge is -2.43. The second-order valence-electron chi connectivity index (χ2n) is 6.61. The molecule has 2 aliphatic heterocycles. The van der Waals surface area contributed by atoms with E-state index in [9.17, 15) is 5.11 Å². The highest BCUT2D eigenvalue weighted by Crippen LogP contribution is 2.37. The number of fused-ring (bicyclic) bond motifs is 1. The molecule has 0 saturated carbocycles. The molecule has 18 heavy (non-hydrogen) atoms. The molecule has 2 rings (SSSR count). The highest BCUT2D eigenvalue weighted by Gasteiger charge is 2.43. The smallest absolute Gasteiger partial charge is 0.0811 e. The largest absolute Gasteiger partial charge is 0.388 e. The fourth-order valence-corrected chi connectivity index (χ4v) is 3.74. The number of nitrogens with zero attached hydrogens (tertiary/aromatic N) is 1. The van der Waals surface area contributed by atoms with Crippen LogP contribution >= 0.6 is 0 Å². The first-order chi connectivity index (χ1) is 8.53. The summed E-state index contributed by atoms with van der Waals surface area (Å²) in [6.45, 7) is 8.85. The van der Waals surface area contributed by atoms with Crippen LogP contribution in [0.1, 0.15) is 59.3 Å². The third kappa shape index (κ3) is 3.16. The van der Waals surface area contributed by atoms with E-state index >= 15 is 0 Å². The van der Waals surface area contributed by atoms with E-state index in [1.807, 2.05) is 6.92 Å². The van der Waals surface area contributed by atoms with Crippen molar-refractivity contribution in [1.82, 2.24) is 4.90 Å². The molecule has 2 heterocycles. The van der Waals surface area contributed by atoms with Gasteiger partial charge in [0.1, 0.15) is 0 Å². The molecule has 0 aromatic rings. The zero-order valence-corrected chi connectivity index (χ0v) is 12.3. The Kier molecular flexibility index (Phi) is 4.50. The quantitative estimate of drug-likeness (QED) is 0.775. The summed E-state index contributed by atoms with van der Waals surface area (Å²) in [4.78, 5) is 2.49. The zero-order chi connectivity index (χ0) is 13.2. The van der Waals surface area contributed by atoms with Crippen LogP contribution in [0, 0.1) is 5.92 Å². The summed E-state index contributed by atoms with van der Waals surface area (Å²) in [5.74, 6) is 0.662. The van der Waals surface area contributed by atoms with Crippen LogP contribution in [0.3, 0.4) is 0 Å². The second kappa shape index (κ2) is 5.75. The maximum atomic E-state index is 10.6. The molecule has 2 fully saturated rings. The van der Waals surface area contributed by atoms with Crippen molar-refractivity contribution in [2.45, 2.75) is 70.9 Å². The van der Waals surface area contributed by atoms with Gasteiger partial charge in [0.05, 0.1) is 5.60 Å². The summed E-state index contributed by atoms with van der Waals surface area (Å²) < 4.78 is 0. The van der Waals surface area contributed by atoms with E-state index < -0.39 is 5.60 Å². The summed E-state index contributed by atoms with van der Waals surface area (Å²) in [6, 6.07) is 0.403. The van der Waals surface area contributed by atoms with Gasteiger partial charge in [-0.25, -0.2) is 0 Å². The number of rotatable bonds is 4. The molecule has 2 nitrogen and oxygen atoms in total. The first kappa shape index (κ1) is 14.1. The Balaban J connectivity index is 2.00. The van der Waals surface area contributed by atoms with Crippen molar-refractivity contribution in [2.24, 2.45) is 5.92 Å². The van der Waals surface area contributed by atoms with Crippen molar-refractivity contribution in [2.75, 3.05) is 13.1 Å². The minimum atomic E-state index is -0.509. The molecule has 0 radical (unpaired) electrons. The lowest BCUT2D eigenvalue weighted by atomic mass is 9.82. The number of hydrogen-bond donors (Lipinski definition) is 1. The first-order valence-electron chi connectivity index (χ1n) is 7.69. The molecule has 0 aromatic heterocycles. The molecule has 0 aromatic carbocycles. The summed E-state index contributed by atoms with van der Waals surface area (Å²) in [5.41, 5.74) is 0.951. The lowest BCUT2D eigenvalue weighted by Crippen LogP contribution is -2.52. The van der Waals surface area contributed by atoms with Crippen LogP contribution in [0.5, 0.6) is 0 Å². The van der Waals surface area contributed by atoms with Crippen molar-refractivity contribution < 1.29 is 5.11 Å². The van der Waals surface area contributed by atoms with Gasteiger partial charge in [-0.3, -0.25) is 4.90 Å². The molecule has 0 bridgehead atoms. The molecular formula is C16H29NO. The molecule has 3 atom stereocenters. The normalized spacial score (nSPS) is 36.9. The Morgan fingerprint density at radius 3 is 3.06 bits per heavy atom. The fraction of sp³-hybridized carbons (Fsp3) is 0.875. The molecule has 2 heteroatoms. The average molecular weight is 251 g/mol. The molecule has 0 amide bonds. The highest BCUT2D eigenvalue weighted by molar-refractivity contribution is 5.17. The summed E-state index contributed by atoms with van der Waals surface area (Å²) >= 11 is 0. The Morgan fingerprint density at radius 2 is 2.33 bits per heavy atom. The Bertz CT molecular complexity index is 308. The van der Waals surface area contributed by atoms with Gasteiger partial charge in [-0.2, -0.15) is 0 Å². The van der Waals surface area contributed by atoms with Crippen LogP contribution in [0.2, 0.25) is 0 Å². The Labute approximate surface area is 112 Å². The van der Waals surface area contributed by atoms with Crippen molar-refractivity contribution in [1.29, 1.82) is 0 Å². The van der Waals surface area contributed by atoms with Crippen molar-refractivity contribution in [3.05, 3.63) is 11.6 Å². The van der Waals surface area contributed by atoms with Crippen LogP contribution in [0.15, 0.2) is 11.6 Å². The maximum absolute atomic E-state index is 10.6. The average Bonchev–Trinajstić information content (AvgIpc) is 2.74. The van der Waals surface area contributed by atoms with Gasteiger partial charge < -0.3 is 5.11 Å². The van der Waals surface area contributed by atoms with Crippen molar-refractivity contribution >= 4 is 0 Å². The minimum absolute atomic E-state index is 0.403. The van der Waals surface area contributed by atoms with Crippen LogP contribution in [0.25, 0.3) is 0 Å². The third-order valence-electron chi connectivity index (χ3n) is 4.61. The molecule has 2 aliphatic rings. The molecule has 0 spiro atoms. The van der Waals surface area contributed by atoms with Crippen LogP contribution in [-0.2, 0) is 0 Å². The summed E-state index contributed by atoms with van der Waals surface area (Å²) in [6.07, 6.45) is 9.60. The molecule has 0 unspecified atom stereocenters. The third-order valence-corrected chi connectivity index (χ3v) is 4.61. The number of hydrogen-bond acceptors (Lipinski definition) is 2. The minimum Gasteiger partial charge on any atom is -0.388 e. The van der Waals surface area contributed by atoms with E-state index in [0.717, 1.165) is 13.0 Å². The molecule has 104 valence electrons. The number of aliphatic hydroxyl groups is 1. The van der Waals surface area contributed by atoms with Crippen LogP contribution in [0.4, 0.5) is 0 Å². The predicted molar refractivity (Wildman–Crippen MR) is 76.6 cm³/mol. The fourth-order valence-electron chi connectivity index (χ4n) is 3.74. The van der Waals surface area contributed by atoms with Gasteiger partial charge in [-0.05, 0) is 45.1 Å². The topological polar surface area (TPSA) is 23.5 Å².